The molecule has 3 unspecified atom stereocenters. The summed E-state index contributed by atoms with van der Waals surface area (Å²) in [5, 5.41) is 4.80. The lowest BCUT2D eigenvalue weighted by Gasteiger charge is -2.41. The first-order valence-electron chi connectivity index (χ1n) is 5.74. The monoisotopic (exact) mass is 196 g/mol. The van der Waals surface area contributed by atoms with Crippen LogP contribution in [0.2, 0.25) is 5.82 Å². The van der Waals surface area contributed by atoms with Crippen molar-refractivity contribution in [2.45, 2.75) is 51.5 Å². The van der Waals surface area contributed by atoms with Crippen LogP contribution in [0.1, 0.15) is 34.1 Å². The molecule has 1 aliphatic heterocycles. The molecule has 0 saturated carbocycles. The van der Waals surface area contributed by atoms with Crippen molar-refractivity contribution in [1.29, 1.82) is 0 Å². The maximum atomic E-state index is 2.40. The van der Waals surface area contributed by atoms with Gasteiger partial charge in [-0.3, -0.25) is 0 Å². The van der Waals surface area contributed by atoms with E-state index in [2.05, 4.69) is 59.7 Å². The van der Waals surface area contributed by atoms with E-state index in [1.165, 1.54) is 6.42 Å². The first kappa shape index (κ1) is 12.1. The van der Waals surface area contributed by atoms with Crippen LogP contribution >= 0.6 is 0 Å². The summed E-state index contributed by atoms with van der Waals surface area (Å²) in [7, 11) is 6.79. The third kappa shape index (κ3) is 1.99. The zero-order valence-electron chi connectivity index (χ0n) is 10.8. The van der Waals surface area contributed by atoms with Crippen molar-refractivity contribution in [1.82, 2.24) is 10.0 Å². The Hall–Kier alpha value is -0.0151. The molecule has 1 fully saturated rings. The van der Waals surface area contributed by atoms with Crippen LogP contribution in [-0.2, 0) is 0 Å². The van der Waals surface area contributed by atoms with Gasteiger partial charge in [0.15, 0.2) is 0 Å². The topological polar surface area (TPSA) is 6.48 Å². The summed E-state index contributed by atoms with van der Waals surface area (Å²) in [6, 6.07) is 0.636. The average Bonchev–Trinajstić information content (AvgIpc) is 2.14. The molecule has 1 aliphatic rings. The summed E-state index contributed by atoms with van der Waals surface area (Å²) in [5.74, 6) is 1.57. The first-order valence-corrected chi connectivity index (χ1v) is 5.74. The van der Waals surface area contributed by atoms with Crippen molar-refractivity contribution in [3.63, 3.8) is 0 Å². The highest BCUT2D eigenvalue weighted by Crippen LogP contribution is 2.36. The van der Waals surface area contributed by atoms with Gasteiger partial charge in [-0.1, -0.05) is 12.7 Å². The van der Waals surface area contributed by atoms with E-state index < -0.39 is 0 Å². The fourth-order valence-corrected chi connectivity index (χ4v) is 2.62. The molecule has 82 valence electrons. The van der Waals surface area contributed by atoms with Gasteiger partial charge in [-0.15, -0.1) is 0 Å². The molecule has 3 heteroatoms. The average molecular weight is 196 g/mol. The summed E-state index contributed by atoms with van der Waals surface area (Å²) in [4.78, 5) is 0. The fraction of sp³-hybridized carbons (Fsp3) is 1.00. The quantitative estimate of drug-likeness (QED) is 0.540. The lowest BCUT2D eigenvalue weighted by atomic mass is 9.70. The first-order chi connectivity index (χ1) is 6.27. The van der Waals surface area contributed by atoms with Gasteiger partial charge in [-0.05, 0) is 33.1 Å². The van der Waals surface area contributed by atoms with Gasteiger partial charge in [-0.2, -0.15) is 0 Å². The van der Waals surface area contributed by atoms with E-state index in [4.69, 9.17) is 0 Å². The summed E-state index contributed by atoms with van der Waals surface area (Å²) in [6.45, 7) is 9.39. The van der Waals surface area contributed by atoms with Gasteiger partial charge in [0.2, 0.25) is 0 Å². The van der Waals surface area contributed by atoms with Gasteiger partial charge in [-0.25, -0.2) is 10.0 Å². The van der Waals surface area contributed by atoms with E-state index in [-0.39, 0.29) is 5.54 Å². The molecular weight excluding hydrogens is 171 g/mol. The lowest BCUT2D eigenvalue weighted by molar-refractivity contribution is -0.0695. The van der Waals surface area contributed by atoms with E-state index >= 15 is 0 Å². The molecule has 1 saturated heterocycles. The van der Waals surface area contributed by atoms with Crippen molar-refractivity contribution >= 4 is 7.85 Å². The molecule has 1 rings (SSSR count). The number of hydrogen-bond acceptors (Lipinski definition) is 2. The molecule has 14 heavy (non-hydrogen) atoms. The lowest BCUT2D eigenvalue weighted by Crippen LogP contribution is -2.51. The Balaban J connectivity index is 2.94. The number of hydrazine groups is 1. The predicted molar refractivity (Wildman–Crippen MR) is 65.1 cm³/mol. The minimum Gasteiger partial charge on any atom is -0.242 e. The molecule has 0 bridgehead atoms. The molecule has 0 spiro atoms. The molecule has 0 aromatic carbocycles. The number of rotatable bonds is 0. The van der Waals surface area contributed by atoms with E-state index in [0.717, 1.165) is 11.7 Å². The standard InChI is InChI=1S/C11H25BN2/c1-8-7-11(3,4)14(6)13(5)9(2)10(8)12/h8-10H,7,12H2,1-6H3. The third-order valence-corrected chi connectivity index (χ3v) is 4.42. The Morgan fingerprint density at radius 2 is 1.71 bits per heavy atom. The molecule has 2 nitrogen and oxygen atoms in total. The van der Waals surface area contributed by atoms with Crippen LogP contribution in [0.3, 0.4) is 0 Å². The van der Waals surface area contributed by atoms with Crippen molar-refractivity contribution in [3.05, 3.63) is 0 Å². The Bertz CT molecular complexity index is 205. The molecule has 0 aromatic rings. The molecule has 0 radical (unpaired) electrons. The highest BCUT2D eigenvalue weighted by molar-refractivity contribution is 6.12. The van der Waals surface area contributed by atoms with Crippen molar-refractivity contribution in [3.8, 4) is 0 Å². The second kappa shape index (κ2) is 3.86. The second-order valence-corrected chi connectivity index (χ2v) is 5.69. The fourth-order valence-electron chi connectivity index (χ4n) is 2.62. The smallest absolute Gasteiger partial charge is 0.107 e. The normalized spacial score (nSPS) is 40.9. The molecule has 0 aromatic heterocycles. The van der Waals surface area contributed by atoms with E-state index in [9.17, 15) is 0 Å². The summed E-state index contributed by atoms with van der Waals surface area (Å²) in [5.41, 5.74) is 0.285. The Morgan fingerprint density at radius 1 is 1.21 bits per heavy atom. The van der Waals surface area contributed by atoms with Crippen molar-refractivity contribution < 1.29 is 0 Å². The third-order valence-electron chi connectivity index (χ3n) is 4.42. The highest BCUT2D eigenvalue weighted by atomic mass is 15.6. The zero-order valence-corrected chi connectivity index (χ0v) is 10.8. The second-order valence-electron chi connectivity index (χ2n) is 5.69. The molecule has 0 N–H and O–H groups in total. The van der Waals surface area contributed by atoms with Crippen molar-refractivity contribution in [2.75, 3.05) is 14.1 Å². The molecular formula is C11H25BN2. The Morgan fingerprint density at radius 3 is 2.21 bits per heavy atom. The molecule has 3 atom stereocenters. The largest absolute Gasteiger partial charge is 0.242 e. The Labute approximate surface area is 90.0 Å². The highest BCUT2D eigenvalue weighted by Gasteiger charge is 2.37. The zero-order chi connectivity index (χ0) is 11.1. The minimum atomic E-state index is 0.285. The van der Waals surface area contributed by atoms with Crippen LogP contribution in [-0.4, -0.2) is 43.5 Å². The van der Waals surface area contributed by atoms with E-state index in [1.807, 2.05) is 0 Å². The van der Waals surface area contributed by atoms with Gasteiger partial charge in [0.1, 0.15) is 7.85 Å². The maximum absolute atomic E-state index is 2.40. The maximum Gasteiger partial charge on any atom is 0.107 e. The Kier molecular flexibility index (Phi) is 3.32. The van der Waals surface area contributed by atoms with Crippen LogP contribution < -0.4 is 0 Å². The summed E-state index contributed by atoms with van der Waals surface area (Å²) < 4.78 is 0. The summed E-state index contributed by atoms with van der Waals surface area (Å²) >= 11 is 0. The SMILES string of the molecule is BC1C(C)CC(C)(C)N(C)N(C)C1C. The van der Waals surface area contributed by atoms with E-state index in [0.29, 0.717) is 6.04 Å². The van der Waals surface area contributed by atoms with Crippen molar-refractivity contribution in [2.24, 2.45) is 5.92 Å². The number of hydrogen-bond donors (Lipinski definition) is 0. The van der Waals surface area contributed by atoms with E-state index in [1.54, 1.807) is 0 Å². The predicted octanol–water partition coefficient (Wildman–Crippen LogP) is 1.39. The molecule has 0 aliphatic carbocycles. The van der Waals surface area contributed by atoms with Crippen LogP contribution in [0, 0.1) is 5.92 Å². The van der Waals surface area contributed by atoms with Crippen LogP contribution in [0.4, 0.5) is 0 Å². The van der Waals surface area contributed by atoms with Gasteiger partial charge < -0.3 is 0 Å². The van der Waals surface area contributed by atoms with Gasteiger partial charge in [0, 0.05) is 25.7 Å². The molecule has 0 amide bonds. The van der Waals surface area contributed by atoms with Gasteiger partial charge in [0.25, 0.3) is 0 Å². The van der Waals surface area contributed by atoms with Crippen LogP contribution in [0.25, 0.3) is 0 Å². The van der Waals surface area contributed by atoms with Crippen LogP contribution in [0.15, 0.2) is 0 Å². The minimum absolute atomic E-state index is 0.285. The van der Waals surface area contributed by atoms with Crippen LogP contribution in [0.5, 0.6) is 0 Å². The molecule has 1 heterocycles. The summed E-state index contributed by atoms with van der Waals surface area (Å²) in [6.07, 6.45) is 1.28. The van der Waals surface area contributed by atoms with Gasteiger partial charge >= 0.3 is 0 Å². The number of nitrogens with zero attached hydrogens (tertiary/aromatic N) is 2. The van der Waals surface area contributed by atoms with Gasteiger partial charge in [0.05, 0.1) is 0 Å².